The van der Waals surface area contributed by atoms with E-state index >= 15 is 0 Å². The summed E-state index contributed by atoms with van der Waals surface area (Å²) in [5.41, 5.74) is 4.77. The van der Waals surface area contributed by atoms with E-state index in [2.05, 4.69) is 20.4 Å². The minimum atomic E-state index is -0.176. The Morgan fingerprint density at radius 2 is 1.91 bits per heavy atom. The number of carbonyl (C=O) groups excluding carboxylic acids is 1. The summed E-state index contributed by atoms with van der Waals surface area (Å²) < 4.78 is 7.37. The van der Waals surface area contributed by atoms with Gasteiger partial charge < -0.3 is 10.1 Å². The molecule has 32 heavy (non-hydrogen) atoms. The molecule has 1 N–H and O–H groups in total. The molecular weight excluding hydrogens is 402 g/mol. The predicted molar refractivity (Wildman–Crippen MR) is 122 cm³/mol. The molecule has 0 saturated heterocycles. The van der Waals surface area contributed by atoms with Crippen molar-refractivity contribution < 1.29 is 9.53 Å². The Labute approximate surface area is 185 Å². The Morgan fingerprint density at radius 1 is 1.12 bits per heavy atom. The first-order valence-corrected chi connectivity index (χ1v) is 10.8. The number of ether oxygens (including phenoxy) is 1. The molecule has 3 fully saturated rings. The number of carbonyl (C=O) groups is 1. The number of anilines is 1. The second-order valence-corrected chi connectivity index (χ2v) is 8.94. The van der Waals surface area contributed by atoms with Crippen LogP contribution in [0.4, 0.5) is 5.69 Å². The SMILES string of the molecule is COc1cc2ncnc(-c3cn(C)nc3-c3ccccc3)c2cc1NC(=O)C12CC(C1)C2. The maximum atomic E-state index is 12.9. The van der Waals surface area contributed by atoms with Crippen LogP contribution in [0.2, 0.25) is 0 Å². The highest BCUT2D eigenvalue weighted by Gasteiger charge is 2.61. The molecule has 4 aromatic rings. The smallest absolute Gasteiger partial charge is 0.230 e. The molecule has 0 spiro atoms. The number of nitrogens with zero attached hydrogens (tertiary/aromatic N) is 4. The van der Waals surface area contributed by atoms with Crippen LogP contribution in [0.3, 0.4) is 0 Å². The Morgan fingerprint density at radius 3 is 2.59 bits per heavy atom. The monoisotopic (exact) mass is 425 g/mol. The highest BCUT2D eigenvalue weighted by atomic mass is 16.5. The Balaban J connectivity index is 1.48. The van der Waals surface area contributed by atoms with Gasteiger partial charge in [-0.25, -0.2) is 9.97 Å². The van der Waals surface area contributed by atoms with Crippen molar-refractivity contribution in [3.05, 3.63) is 55.0 Å². The molecular formula is C25H23N5O2. The van der Waals surface area contributed by atoms with Gasteiger partial charge in [-0.05, 0) is 31.2 Å². The average molecular weight is 425 g/mol. The van der Waals surface area contributed by atoms with Gasteiger partial charge in [0.05, 0.1) is 29.4 Å². The molecule has 0 atom stereocenters. The largest absolute Gasteiger partial charge is 0.494 e. The fourth-order valence-electron chi connectivity index (χ4n) is 5.05. The standard InChI is InChI=1S/C25H23N5O2/c1-30-13-18(22(29-30)16-6-4-3-5-7-16)23-17-8-20(21(32-2)9-19(17)26-14-27-23)28-24(31)25-10-15(11-25)12-25/h3-9,13-15H,10-12H2,1-2H3,(H,28,31). The minimum Gasteiger partial charge on any atom is -0.494 e. The lowest BCUT2D eigenvalue weighted by Crippen LogP contribution is -2.58. The molecule has 7 rings (SSSR count). The zero-order valence-electron chi connectivity index (χ0n) is 18.0. The number of amides is 1. The lowest BCUT2D eigenvalue weighted by Gasteiger charge is -2.60. The third-order valence-electron chi connectivity index (χ3n) is 6.86. The van der Waals surface area contributed by atoms with Crippen molar-refractivity contribution in [2.24, 2.45) is 18.4 Å². The van der Waals surface area contributed by atoms with Gasteiger partial charge in [-0.3, -0.25) is 9.48 Å². The summed E-state index contributed by atoms with van der Waals surface area (Å²) in [6, 6.07) is 13.8. The number of hydrogen-bond acceptors (Lipinski definition) is 5. The van der Waals surface area contributed by atoms with E-state index in [4.69, 9.17) is 4.74 Å². The highest BCUT2D eigenvalue weighted by molar-refractivity contribution is 6.03. The van der Waals surface area contributed by atoms with Crippen LogP contribution in [-0.4, -0.2) is 32.8 Å². The van der Waals surface area contributed by atoms with Crippen molar-refractivity contribution in [3.63, 3.8) is 0 Å². The topological polar surface area (TPSA) is 81.9 Å². The van der Waals surface area contributed by atoms with Crippen molar-refractivity contribution in [2.45, 2.75) is 19.3 Å². The van der Waals surface area contributed by atoms with Crippen LogP contribution >= 0.6 is 0 Å². The summed E-state index contributed by atoms with van der Waals surface area (Å²) >= 11 is 0. The molecule has 2 aromatic heterocycles. The molecule has 0 unspecified atom stereocenters. The predicted octanol–water partition coefficient (Wildman–Crippen LogP) is 4.44. The number of rotatable bonds is 5. The molecule has 3 aliphatic carbocycles. The van der Waals surface area contributed by atoms with Gasteiger partial charge >= 0.3 is 0 Å². The van der Waals surface area contributed by atoms with Crippen LogP contribution in [0.5, 0.6) is 5.75 Å². The van der Waals surface area contributed by atoms with E-state index in [9.17, 15) is 4.79 Å². The van der Waals surface area contributed by atoms with Crippen LogP contribution in [0.1, 0.15) is 19.3 Å². The van der Waals surface area contributed by atoms with E-state index in [1.165, 1.54) is 0 Å². The fourth-order valence-corrected chi connectivity index (χ4v) is 5.05. The van der Waals surface area contributed by atoms with Gasteiger partial charge in [0, 0.05) is 35.8 Å². The molecule has 7 heteroatoms. The molecule has 2 bridgehead atoms. The van der Waals surface area contributed by atoms with Crippen LogP contribution in [-0.2, 0) is 11.8 Å². The molecule has 2 heterocycles. The number of hydrogen-bond donors (Lipinski definition) is 1. The molecule has 3 aliphatic rings. The summed E-state index contributed by atoms with van der Waals surface area (Å²) in [4.78, 5) is 22.0. The first-order chi connectivity index (χ1) is 15.6. The summed E-state index contributed by atoms with van der Waals surface area (Å²) in [6.07, 6.45) is 6.52. The average Bonchev–Trinajstić information content (AvgIpc) is 3.12. The zero-order valence-corrected chi connectivity index (χ0v) is 18.0. The van der Waals surface area contributed by atoms with Gasteiger partial charge in [0.15, 0.2) is 0 Å². The van der Waals surface area contributed by atoms with Crippen LogP contribution in [0, 0.1) is 11.3 Å². The van der Waals surface area contributed by atoms with Crippen molar-refractivity contribution in [1.82, 2.24) is 19.7 Å². The van der Waals surface area contributed by atoms with Gasteiger partial charge in [-0.15, -0.1) is 0 Å². The van der Waals surface area contributed by atoms with Crippen LogP contribution in [0.25, 0.3) is 33.4 Å². The summed E-state index contributed by atoms with van der Waals surface area (Å²) in [7, 11) is 3.51. The number of methoxy groups -OCH3 is 1. The Bertz CT molecular complexity index is 1340. The lowest BCUT2D eigenvalue weighted by atomic mass is 9.44. The Kier molecular flexibility index (Phi) is 4.08. The second-order valence-electron chi connectivity index (χ2n) is 8.94. The fraction of sp³-hybridized carbons (Fsp3) is 0.280. The second kappa shape index (κ2) is 6.88. The van der Waals surface area contributed by atoms with Crippen LogP contribution in [0.15, 0.2) is 55.0 Å². The summed E-state index contributed by atoms with van der Waals surface area (Å²) in [6.45, 7) is 0. The number of fused-ring (bicyclic) bond motifs is 1. The molecule has 7 nitrogen and oxygen atoms in total. The van der Waals surface area contributed by atoms with Crippen molar-refractivity contribution >= 4 is 22.5 Å². The highest BCUT2D eigenvalue weighted by Crippen LogP contribution is 2.64. The number of nitrogens with one attached hydrogen (secondary N) is 1. The van der Waals surface area contributed by atoms with Gasteiger partial charge in [0.2, 0.25) is 5.91 Å². The minimum absolute atomic E-state index is 0.0856. The first-order valence-electron chi connectivity index (χ1n) is 10.8. The summed E-state index contributed by atoms with van der Waals surface area (Å²) in [5, 5.41) is 8.65. The maximum Gasteiger partial charge on any atom is 0.230 e. The molecule has 0 radical (unpaired) electrons. The van der Waals surface area contributed by atoms with E-state index in [-0.39, 0.29) is 11.3 Å². The van der Waals surface area contributed by atoms with Crippen molar-refractivity contribution in [2.75, 3.05) is 12.4 Å². The van der Waals surface area contributed by atoms with E-state index in [0.717, 1.165) is 58.6 Å². The zero-order chi connectivity index (χ0) is 21.9. The lowest BCUT2D eigenvalue weighted by molar-refractivity contribution is -0.158. The third kappa shape index (κ3) is 2.81. The van der Waals surface area contributed by atoms with Gasteiger partial charge in [0.1, 0.15) is 17.8 Å². The van der Waals surface area contributed by atoms with Crippen molar-refractivity contribution in [1.29, 1.82) is 0 Å². The first kappa shape index (κ1) is 19.0. The van der Waals surface area contributed by atoms with Gasteiger partial charge in [0.25, 0.3) is 0 Å². The van der Waals surface area contributed by atoms with E-state index in [1.54, 1.807) is 18.1 Å². The normalized spacial score (nSPS) is 21.0. The van der Waals surface area contributed by atoms with E-state index in [1.807, 2.05) is 55.7 Å². The molecule has 160 valence electrons. The number of aromatic nitrogens is 4. The van der Waals surface area contributed by atoms with Crippen LogP contribution < -0.4 is 10.1 Å². The molecule has 3 saturated carbocycles. The Hall–Kier alpha value is -3.74. The maximum absolute atomic E-state index is 12.9. The third-order valence-corrected chi connectivity index (χ3v) is 6.86. The van der Waals surface area contributed by atoms with E-state index < -0.39 is 0 Å². The molecule has 1 amide bonds. The number of aryl methyl sites for hydroxylation is 1. The van der Waals surface area contributed by atoms with Gasteiger partial charge in [-0.2, -0.15) is 5.10 Å². The van der Waals surface area contributed by atoms with E-state index in [0.29, 0.717) is 11.4 Å². The molecule has 2 aromatic carbocycles. The number of benzene rings is 2. The van der Waals surface area contributed by atoms with Crippen molar-refractivity contribution in [3.8, 4) is 28.3 Å². The summed E-state index contributed by atoms with van der Waals surface area (Å²) in [5.74, 6) is 1.42. The van der Waals surface area contributed by atoms with Gasteiger partial charge in [-0.1, -0.05) is 30.3 Å². The molecule has 0 aliphatic heterocycles. The quantitative estimate of drug-likeness (QED) is 0.511.